The zero-order chi connectivity index (χ0) is 11.8. The number of nitrogens with zero attached hydrogens (tertiary/aromatic N) is 3. The maximum Gasteiger partial charge on any atom is 0.158 e. The Bertz CT molecular complexity index is 528. The minimum atomic E-state index is -0.214. The second-order valence-electron chi connectivity index (χ2n) is 4.53. The molecule has 2 aromatic rings. The molecule has 1 N–H and O–H groups in total. The van der Waals surface area contributed by atoms with Gasteiger partial charge in [0.2, 0.25) is 0 Å². The largest absolute Gasteiger partial charge is 0.352 e. The predicted molar refractivity (Wildman–Crippen MR) is 65.8 cm³/mol. The molecule has 0 atom stereocenters. The first-order valence-corrected chi connectivity index (χ1v) is 5.81. The highest BCUT2D eigenvalue weighted by atomic mass is 19.1. The van der Waals surface area contributed by atoms with Gasteiger partial charge >= 0.3 is 0 Å². The van der Waals surface area contributed by atoms with Crippen molar-refractivity contribution in [1.82, 2.24) is 15.1 Å². The van der Waals surface area contributed by atoms with Crippen molar-refractivity contribution >= 4 is 16.7 Å². The summed E-state index contributed by atoms with van der Waals surface area (Å²) >= 11 is 0. The SMILES string of the molecule is CN1CCN(c2n[nH]c3ccc(F)cc23)CC1. The number of hydrogen-bond donors (Lipinski definition) is 1. The Hall–Kier alpha value is -1.62. The molecule has 0 spiro atoms. The molecular formula is C12H15FN4. The van der Waals surface area contributed by atoms with Crippen LogP contribution in [0.3, 0.4) is 0 Å². The zero-order valence-electron chi connectivity index (χ0n) is 9.78. The number of piperazine rings is 1. The van der Waals surface area contributed by atoms with E-state index in [9.17, 15) is 4.39 Å². The molecule has 1 saturated heterocycles. The van der Waals surface area contributed by atoms with Crippen LogP contribution in [0.4, 0.5) is 10.2 Å². The van der Waals surface area contributed by atoms with Gasteiger partial charge in [0, 0.05) is 31.6 Å². The molecule has 17 heavy (non-hydrogen) atoms. The molecule has 1 aliphatic rings. The minimum absolute atomic E-state index is 0.214. The Kier molecular flexibility index (Phi) is 2.48. The fourth-order valence-corrected chi connectivity index (χ4v) is 2.23. The Balaban J connectivity index is 1.97. The van der Waals surface area contributed by atoms with Crippen molar-refractivity contribution in [2.45, 2.75) is 0 Å². The molecule has 0 aliphatic carbocycles. The number of fused-ring (bicyclic) bond motifs is 1. The maximum atomic E-state index is 13.3. The topological polar surface area (TPSA) is 35.2 Å². The number of likely N-dealkylation sites (N-methyl/N-ethyl adjacent to an activating group) is 1. The van der Waals surface area contributed by atoms with Crippen LogP contribution in [0.25, 0.3) is 10.9 Å². The molecule has 1 aromatic carbocycles. The Morgan fingerprint density at radius 2 is 2.00 bits per heavy atom. The van der Waals surface area contributed by atoms with E-state index < -0.39 is 0 Å². The minimum Gasteiger partial charge on any atom is -0.352 e. The van der Waals surface area contributed by atoms with E-state index in [1.807, 2.05) is 0 Å². The van der Waals surface area contributed by atoms with Crippen LogP contribution in [-0.4, -0.2) is 48.3 Å². The van der Waals surface area contributed by atoms with E-state index in [4.69, 9.17) is 0 Å². The quantitative estimate of drug-likeness (QED) is 0.811. The molecule has 5 heteroatoms. The van der Waals surface area contributed by atoms with Crippen LogP contribution < -0.4 is 4.90 Å². The number of anilines is 1. The number of rotatable bonds is 1. The number of hydrogen-bond acceptors (Lipinski definition) is 3. The lowest BCUT2D eigenvalue weighted by molar-refractivity contribution is 0.312. The van der Waals surface area contributed by atoms with Crippen LogP contribution in [0.5, 0.6) is 0 Å². The third-order valence-corrected chi connectivity index (χ3v) is 3.31. The van der Waals surface area contributed by atoms with Gasteiger partial charge in [0.15, 0.2) is 5.82 Å². The van der Waals surface area contributed by atoms with Gasteiger partial charge in [-0.05, 0) is 25.2 Å². The summed E-state index contributed by atoms with van der Waals surface area (Å²) in [6.07, 6.45) is 0. The summed E-state index contributed by atoms with van der Waals surface area (Å²) in [4.78, 5) is 4.49. The van der Waals surface area contributed by atoms with Gasteiger partial charge in [-0.25, -0.2) is 4.39 Å². The van der Waals surface area contributed by atoms with E-state index in [0.29, 0.717) is 0 Å². The predicted octanol–water partition coefficient (Wildman–Crippen LogP) is 1.45. The molecule has 1 aromatic heterocycles. The lowest BCUT2D eigenvalue weighted by Crippen LogP contribution is -2.44. The van der Waals surface area contributed by atoms with E-state index in [-0.39, 0.29) is 5.82 Å². The molecule has 90 valence electrons. The molecular weight excluding hydrogens is 219 g/mol. The highest BCUT2D eigenvalue weighted by molar-refractivity contribution is 5.90. The van der Waals surface area contributed by atoms with Gasteiger partial charge in [-0.3, -0.25) is 5.10 Å². The summed E-state index contributed by atoms with van der Waals surface area (Å²) in [6, 6.07) is 4.73. The standard InChI is InChI=1S/C12H15FN4/c1-16-4-6-17(7-5-16)12-10-8-9(13)2-3-11(10)14-15-12/h2-3,8H,4-7H2,1H3,(H,14,15). The van der Waals surface area contributed by atoms with E-state index in [2.05, 4.69) is 27.0 Å². The van der Waals surface area contributed by atoms with Crippen molar-refractivity contribution in [3.05, 3.63) is 24.0 Å². The summed E-state index contributed by atoms with van der Waals surface area (Å²) in [5.41, 5.74) is 0.889. The van der Waals surface area contributed by atoms with Crippen LogP contribution in [0, 0.1) is 5.82 Å². The lowest BCUT2D eigenvalue weighted by atomic mass is 10.2. The Morgan fingerprint density at radius 3 is 2.76 bits per heavy atom. The molecule has 0 bridgehead atoms. The molecule has 4 nitrogen and oxygen atoms in total. The molecule has 0 saturated carbocycles. The molecule has 1 fully saturated rings. The third-order valence-electron chi connectivity index (χ3n) is 3.31. The lowest BCUT2D eigenvalue weighted by Gasteiger charge is -2.32. The zero-order valence-corrected chi connectivity index (χ0v) is 9.78. The highest BCUT2D eigenvalue weighted by Gasteiger charge is 2.18. The van der Waals surface area contributed by atoms with E-state index in [0.717, 1.165) is 42.9 Å². The summed E-state index contributed by atoms with van der Waals surface area (Å²) < 4.78 is 13.3. The van der Waals surface area contributed by atoms with Gasteiger partial charge < -0.3 is 9.80 Å². The first-order valence-electron chi connectivity index (χ1n) is 5.81. The number of aromatic nitrogens is 2. The van der Waals surface area contributed by atoms with Crippen LogP contribution in [-0.2, 0) is 0 Å². The smallest absolute Gasteiger partial charge is 0.158 e. The summed E-state index contributed by atoms with van der Waals surface area (Å²) in [6.45, 7) is 3.91. The van der Waals surface area contributed by atoms with Crippen molar-refractivity contribution in [3.8, 4) is 0 Å². The third kappa shape index (κ3) is 1.86. The Labute approximate surface area is 99.0 Å². The molecule has 2 heterocycles. The van der Waals surface area contributed by atoms with E-state index in [1.54, 1.807) is 12.1 Å². The first-order chi connectivity index (χ1) is 8.24. The average Bonchev–Trinajstić information content (AvgIpc) is 2.73. The van der Waals surface area contributed by atoms with Crippen molar-refractivity contribution in [1.29, 1.82) is 0 Å². The molecule has 1 aliphatic heterocycles. The normalized spacial score (nSPS) is 17.9. The van der Waals surface area contributed by atoms with Gasteiger partial charge in [-0.15, -0.1) is 0 Å². The van der Waals surface area contributed by atoms with Crippen molar-refractivity contribution in [2.75, 3.05) is 38.1 Å². The molecule has 0 unspecified atom stereocenters. The number of H-pyrrole nitrogens is 1. The average molecular weight is 234 g/mol. The fourth-order valence-electron chi connectivity index (χ4n) is 2.23. The summed E-state index contributed by atoms with van der Waals surface area (Å²) in [5, 5.41) is 8.12. The van der Waals surface area contributed by atoms with Gasteiger partial charge in [0.1, 0.15) is 5.82 Å². The maximum absolute atomic E-state index is 13.3. The van der Waals surface area contributed by atoms with E-state index >= 15 is 0 Å². The first kappa shape index (κ1) is 10.5. The fraction of sp³-hybridized carbons (Fsp3) is 0.417. The van der Waals surface area contributed by atoms with Crippen LogP contribution in [0.2, 0.25) is 0 Å². The number of benzene rings is 1. The van der Waals surface area contributed by atoms with Crippen LogP contribution in [0.1, 0.15) is 0 Å². The van der Waals surface area contributed by atoms with Gasteiger partial charge in [-0.2, -0.15) is 5.10 Å². The van der Waals surface area contributed by atoms with Crippen molar-refractivity contribution in [2.24, 2.45) is 0 Å². The van der Waals surface area contributed by atoms with Crippen LogP contribution >= 0.6 is 0 Å². The number of aromatic amines is 1. The number of nitrogens with one attached hydrogen (secondary N) is 1. The van der Waals surface area contributed by atoms with E-state index in [1.165, 1.54) is 6.07 Å². The summed E-state index contributed by atoms with van der Waals surface area (Å²) in [5.74, 6) is 0.655. The van der Waals surface area contributed by atoms with Gasteiger partial charge in [0.25, 0.3) is 0 Å². The Morgan fingerprint density at radius 1 is 1.24 bits per heavy atom. The second-order valence-corrected chi connectivity index (χ2v) is 4.53. The summed E-state index contributed by atoms with van der Waals surface area (Å²) in [7, 11) is 2.11. The monoisotopic (exact) mass is 234 g/mol. The second kappa shape index (κ2) is 4.00. The van der Waals surface area contributed by atoms with Crippen molar-refractivity contribution < 1.29 is 4.39 Å². The molecule has 3 rings (SSSR count). The molecule has 0 radical (unpaired) electrons. The highest BCUT2D eigenvalue weighted by Crippen LogP contribution is 2.25. The van der Waals surface area contributed by atoms with Crippen molar-refractivity contribution in [3.63, 3.8) is 0 Å². The van der Waals surface area contributed by atoms with Gasteiger partial charge in [0.05, 0.1) is 5.52 Å². The van der Waals surface area contributed by atoms with Crippen LogP contribution in [0.15, 0.2) is 18.2 Å². The number of halogens is 1. The van der Waals surface area contributed by atoms with Gasteiger partial charge in [-0.1, -0.05) is 0 Å². The molecule has 0 amide bonds.